The summed E-state index contributed by atoms with van der Waals surface area (Å²) in [6, 6.07) is 11.8. The van der Waals surface area contributed by atoms with E-state index in [-0.39, 0.29) is 5.78 Å². The van der Waals surface area contributed by atoms with Crippen LogP contribution in [0.3, 0.4) is 0 Å². The highest BCUT2D eigenvalue weighted by Gasteiger charge is 2.23. The molecular formula is C27H28BrNO4. The number of hydrogen-bond acceptors (Lipinski definition) is 4. The molecular weight excluding hydrogens is 482 g/mol. The molecule has 0 aliphatic carbocycles. The van der Waals surface area contributed by atoms with Crippen LogP contribution in [0, 0.1) is 13.8 Å². The number of rotatable bonds is 7. The minimum atomic E-state index is -0.0804. The van der Waals surface area contributed by atoms with E-state index in [1.807, 2.05) is 13.0 Å². The SMILES string of the molecule is CCCn1c2ccc(Br)cc2c2c(C)c(C(=O)c3cc(OC)c(OC)c(OC)c3)cc(C)c21. The zero-order chi connectivity index (χ0) is 23.9. The summed E-state index contributed by atoms with van der Waals surface area (Å²) >= 11 is 3.62. The van der Waals surface area contributed by atoms with E-state index in [1.165, 1.54) is 11.0 Å². The Labute approximate surface area is 202 Å². The summed E-state index contributed by atoms with van der Waals surface area (Å²) in [6.07, 6.45) is 1.03. The van der Waals surface area contributed by atoms with Crippen LogP contribution in [0.4, 0.5) is 0 Å². The number of aryl methyl sites for hydroxylation is 3. The summed E-state index contributed by atoms with van der Waals surface area (Å²) in [6.45, 7) is 7.21. The third-order valence-corrected chi connectivity index (χ3v) is 6.65. The number of methoxy groups -OCH3 is 3. The molecule has 6 heteroatoms. The van der Waals surface area contributed by atoms with Crippen LogP contribution >= 0.6 is 15.9 Å². The van der Waals surface area contributed by atoms with E-state index < -0.39 is 0 Å². The lowest BCUT2D eigenvalue weighted by Crippen LogP contribution is -2.07. The quantitative estimate of drug-likeness (QED) is 0.256. The molecule has 3 aromatic carbocycles. The molecule has 0 aliphatic heterocycles. The highest BCUT2D eigenvalue weighted by atomic mass is 79.9. The Hall–Kier alpha value is -2.99. The summed E-state index contributed by atoms with van der Waals surface area (Å²) in [4.78, 5) is 13.8. The molecule has 0 N–H and O–H groups in total. The maximum absolute atomic E-state index is 13.8. The fraction of sp³-hybridized carbons (Fsp3) is 0.296. The van der Waals surface area contributed by atoms with Gasteiger partial charge in [-0.2, -0.15) is 0 Å². The van der Waals surface area contributed by atoms with E-state index >= 15 is 0 Å². The fourth-order valence-corrected chi connectivity index (χ4v) is 5.06. The Bertz CT molecular complexity index is 1360. The van der Waals surface area contributed by atoms with Gasteiger partial charge < -0.3 is 18.8 Å². The zero-order valence-corrected chi connectivity index (χ0v) is 21.4. The van der Waals surface area contributed by atoms with Gasteiger partial charge in [0.15, 0.2) is 17.3 Å². The highest BCUT2D eigenvalue weighted by molar-refractivity contribution is 9.10. The van der Waals surface area contributed by atoms with Gasteiger partial charge in [0.25, 0.3) is 0 Å². The zero-order valence-electron chi connectivity index (χ0n) is 19.8. The van der Waals surface area contributed by atoms with Crippen LogP contribution in [-0.4, -0.2) is 31.7 Å². The van der Waals surface area contributed by atoms with Gasteiger partial charge in [0.2, 0.25) is 5.75 Å². The van der Waals surface area contributed by atoms with Gasteiger partial charge in [0.1, 0.15) is 0 Å². The predicted molar refractivity (Wildman–Crippen MR) is 136 cm³/mol. The molecule has 0 saturated carbocycles. The van der Waals surface area contributed by atoms with Gasteiger partial charge in [0.05, 0.1) is 26.8 Å². The summed E-state index contributed by atoms with van der Waals surface area (Å²) in [5.74, 6) is 1.30. The first-order valence-corrected chi connectivity index (χ1v) is 11.7. The summed E-state index contributed by atoms with van der Waals surface area (Å²) in [5.41, 5.74) is 5.57. The van der Waals surface area contributed by atoms with E-state index in [1.54, 1.807) is 33.5 Å². The molecule has 33 heavy (non-hydrogen) atoms. The lowest BCUT2D eigenvalue weighted by atomic mass is 9.93. The summed E-state index contributed by atoms with van der Waals surface area (Å²) in [7, 11) is 4.65. The smallest absolute Gasteiger partial charge is 0.203 e. The van der Waals surface area contributed by atoms with Crippen molar-refractivity contribution < 1.29 is 19.0 Å². The van der Waals surface area contributed by atoms with Crippen molar-refractivity contribution in [2.45, 2.75) is 33.7 Å². The maximum Gasteiger partial charge on any atom is 0.203 e. The van der Waals surface area contributed by atoms with Gasteiger partial charge >= 0.3 is 0 Å². The third kappa shape index (κ3) is 3.76. The molecule has 0 bridgehead atoms. The summed E-state index contributed by atoms with van der Waals surface area (Å²) < 4.78 is 19.7. The third-order valence-electron chi connectivity index (χ3n) is 6.16. The van der Waals surface area contributed by atoms with Crippen molar-refractivity contribution in [2.24, 2.45) is 0 Å². The van der Waals surface area contributed by atoms with Crippen LogP contribution < -0.4 is 14.2 Å². The number of carbonyl (C=O) groups is 1. The van der Waals surface area contributed by atoms with E-state index in [0.717, 1.165) is 39.3 Å². The molecule has 0 unspecified atom stereocenters. The Morgan fingerprint density at radius 3 is 2.21 bits per heavy atom. The molecule has 0 amide bonds. The molecule has 1 heterocycles. The number of hydrogen-bond donors (Lipinski definition) is 0. The molecule has 4 aromatic rings. The van der Waals surface area contributed by atoms with Crippen LogP contribution in [0.25, 0.3) is 21.8 Å². The average molecular weight is 510 g/mol. The lowest BCUT2D eigenvalue weighted by Gasteiger charge is -2.15. The number of aromatic nitrogens is 1. The lowest BCUT2D eigenvalue weighted by molar-refractivity contribution is 0.103. The molecule has 0 saturated heterocycles. The Morgan fingerprint density at radius 1 is 0.970 bits per heavy atom. The average Bonchev–Trinajstić information content (AvgIpc) is 3.14. The molecule has 0 atom stereocenters. The fourth-order valence-electron chi connectivity index (χ4n) is 4.70. The number of ether oxygens (including phenoxy) is 3. The summed E-state index contributed by atoms with van der Waals surface area (Å²) in [5, 5.41) is 2.27. The van der Waals surface area contributed by atoms with Crippen LogP contribution in [0.15, 0.2) is 40.9 Å². The van der Waals surface area contributed by atoms with Gasteiger partial charge in [-0.15, -0.1) is 0 Å². The van der Waals surface area contributed by atoms with Gasteiger partial charge in [-0.05, 0) is 67.8 Å². The van der Waals surface area contributed by atoms with Crippen LogP contribution in [0.2, 0.25) is 0 Å². The number of nitrogens with zero attached hydrogens (tertiary/aromatic N) is 1. The van der Waals surface area contributed by atoms with Crippen molar-refractivity contribution in [1.82, 2.24) is 4.57 Å². The second-order valence-corrected chi connectivity index (χ2v) is 9.06. The van der Waals surface area contributed by atoms with E-state index in [9.17, 15) is 4.79 Å². The molecule has 172 valence electrons. The van der Waals surface area contributed by atoms with Crippen molar-refractivity contribution in [3.63, 3.8) is 0 Å². The molecule has 0 fully saturated rings. The molecule has 0 radical (unpaired) electrons. The highest BCUT2D eigenvalue weighted by Crippen LogP contribution is 2.40. The van der Waals surface area contributed by atoms with Crippen LogP contribution in [0.1, 0.15) is 40.4 Å². The van der Waals surface area contributed by atoms with E-state index in [2.05, 4.69) is 52.5 Å². The standard InChI is InChI=1S/C27H28BrNO4/c1-7-10-29-21-9-8-18(28)14-20(21)24-16(3)19(11-15(2)25(24)29)26(30)17-12-22(31-4)27(33-6)23(13-17)32-5/h8-9,11-14H,7,10H2,1-6H3. The van der Waals surface area contributed by atoms with Crippen LogP contribution in [-0.2, 0) is 6.54 Å². The Morgan fingerprint density at radius 2 is 1.64 bits per heavy atom. The Balaban J connectivity index is 2.00. The normalized spacial score (nSPS) is 11.2. The molecule has 1 aromatic heterocycles. The second-order valence-electron chi connectivity index (χ2n) is 8.15. The van der Waals surface area contributed by atoms with Crippen molar-refractivity contribution >= 4 is 43.5 Å². The van der Waals surface area contributed by atoms with Crippen molar-refractivity contribution in [2.75, 3.05) is 21.3 Å². The first-order valence-electron chi connectivity index (χ1n) is 10.9. The maximum atomic E-state index is 13.8. The van der Waals surface area contributed by atoms with Crippen molar-refractivity contribution in [1.29, 1.82) is 0 Å². The molecule has 0 aliphatic rings. The predicted octanol–water partition coefficient (Wildman–Crippen LogP) is 6.84. The largest absolute Gasteiger partial charge is 0.493 e. The minimum absolute atomic E-state index is 0.0804. The molecule has 4 rings (SSSR count). The van der Waals surface area contributed by atoms with Crippen molar-refractivity contribution in [3.05, 3.63) is 63.1 Å². The number of benzene rings is 3. The molecule has 0 spiro atoms. The number of ketones is 1. The topological polar surface area (TPSA) is 49.7 Å². The van der Waals surface area contributed by atoms with Crippen LogP contribution in [0.5, 0.6) is 17.2 Å². The monoisotopic (exact) mass is 509 g/mol. The second kappa shape index (κ2) is 9.10. The number of carbonyl (C=O) groups excluding carboxylic acids is 1. The van der Waals surface area contributed by atoms with Gasteiger partial charge in [-0.25, -0.2) is 0 Å². The number of halogens is 1. The first kappa shape index (κ1) is 23.2. The molecule has 5 nitrogen and oxygen atoms in total. The van der Waals surface area contributed by atoms with Gasteiger partial charge in [0, 0.05) is 38.4 Å². The van der Waals surface area contributed by atoms with E-state index in [0.29, 0.717) is 28.4 Å². The van der Waals surface area contributed by atoms with Gasteiger partial charge in [-0.3, -0.25) is 4.79 Å². The van der Waals surface area contributed by atoms with E-state index in [4.69, 9.17) is 14.2 Å². The minimum Gasteiger partial charge on any atom is -0.493 e. The van der Waals surface area contributed by atoms with Crippen molar-refractivity contribution in [3.8, 4) is 17.2 Å². The number of fused-ring (bicyclic) bond motifs is 3. The van der Waals surface area contributed by atoms with Gasteiger partial charge in [-0.1, -0.05) is 22.9 Å². The Kier molecular flexibility index (Phi) is 6.39. The first-order chi connectivity index (χ1) is 15.9.